The van der Waals surface area contributed by atoms with Crippen LogP contribution in [0.2, 0.25) is 36.1 Å². The van der Waals surface area contributed by atoms with E-state index in [4.69, 9.17) is 0 Å². The molecule has 0 N–H and O–H groups in total. The Bertz CT molecular complexity index is 1340. The summed E-state index contributed by atoms with van der Waals surface area (Å²) in [6.45, 7) is 0. The molecule has 14 fully saturated rings. The summed E-state index contributed by atoms with van der Waals surface area (Å²) in [5, 5.41) is 0. The predicted octanol–water partition coefficient (Wildman–Crippen LogP) is 11.5. The Morgan fingerprint density at radius 2 is 0.622 bits per heavy atom. The van der Waals surface area contributed by atoms with Crippen LogP contribution in [-0.2, 0) is 7.72 Å². The van der Waals surface area contributed by atoms with Crippen molar-refractivity contribution in [2.24, 2.45) is 0 Å². The van der Waals surface area contributed by atoms with E-state index in [0.717, 1.165) is 0 Å². The van der Waals surface area contributed by atoms with Gasteiger partial charge in [0.25, 0.3) is 0 Å². The molecule has 0 radical (unpaired) electrons. The second kappa shape index (κ2) is 3.44. The maximum atomic E-state index is 1.73. The van der Waals surface area contributed by atoms with Gasteiger partial charge >= 0.3 is 218 Å². The molecule has 1 spiro atoms. The van der Waals surface area contributed by atoms with Gasteiger partial charge in [-0.2, -0.15) is 0 Å². The fourth-order valence-corrected chi connectivity index (χ4v) is 206. The third-order valence-corrected chi connectivity index (χ3v) is 111. The SMILES string of the molecule is C1CCC(P(C2CCCCC2)[C]23[CH]4[CH]5[CH]6[C]2(P(C2CCCCC2)C2CCCCC2)[Ru]54632789[CH]3[CH]2[CH]7[CH]8[CH]39)CC1. The molecule has 10 saturated heterocycles. The fourth-order valence-electron chi connectivity index (χ4n) is 24.9. The van der Waals surface area contributed by atoms with E-state index >= 15 is 0 Å². The van der Waals surface area contributed by atoms with Crippen molar-refractivity contribution in [1.29, 1.82) is 0 Å². The Morgan fingerprint density at radius 3 is 0.838 bits per heavy atom. The molecule has 14 rings (SSSR count). The molecule has 0 aromatic carbocycles. The van der Waals surface area contributed by atoms with Crippen molar-refractivity contribution in [3.8, 4) is 0 Å². The van der Waals surface area contributed by atoms with E-state index in [1.807, 2.05) is 0 Å². The first kappa shape index (κ1) is 20.4. The first-order valence-electron chi connectivity index (χ1n) is 17.9. The minimum atomic E-state index is -3.75. The first-order valence-corrected chi connectivity index (χ1v) is 30.6. The number of hydrogen-bond donors (Lipinski definition) is 0. The van der Waals surface area contributed by atoms with E-state index in [9.17, 15) is 0 Å². The minimum absolute atomic E-state index is 0.387. The van der Waals surface area contributed by atoms with Crippen molar-refractivity contribution in [2.75, 3.05) is 0 Å². The number of rotatable bonds is 6. The third-order valence-electron chi connectivity index (χ3n) is 23.3. The normalized spacial score (nSPS) is 75.6. The molecule has 37 heavy (non-hydrogen) atoms. The summed E-state index contributed by atoms with van der Waals surface area (Å²) in [5.41, 5.74) is 5.18. The molecule has 0 bridgehead atoms. The van der Waals surface area contributed by atoms with E-state index in [1.54, 1.807) is 165 Å². The maximum absolute atomic E-state index is 3.75. The van der Waals surface area contributed by atoms with Gasteiger partial charge < -0.3 is 0 Å². The molecule has 14 aliphatic rings. The van der Waals surface area contributed by atoms with Crippen LogP contribution in [0.15, 0.2) is 0 Å². The number of hydrogen-bond acceptors (Lipinski definition) is 0. The summed E-state index contributed by atoms with van der Waals surface area (Å²) in [6.07, 6.45) is 33.5. The number of fused-ring (bicyclic) bond motifs is 10. The molecule has 4 aliphatic carbocycles. The van der Waals surface area contributed by atoms with Gasteiger partial charge in [-0.15, -0.1) is 0 Å². The van der Waals surface area contributed by atoms with Crippen LogP contribution in [0.1, 0.15) is 128 Å². The zero-order valence-corrected chi connectivity index (χ0v) is 26.8. The molecule has 4 atom stereocenters. The second-order valence-corrected chi connectivity index (χ2v) is 63.5. The summed E-state index contributed by atoms with van der Waals surface area (Å²) in [7, 11) is -2.98. The van der Waals surface area contributed by atoms with Gasteiger partial charge in [-0.1, -0.05) is 0 Å². The summed E-state index contributed by atoms with van der Waals surface area (Å²) in [6, 6.07) is 0. The Balaban J connectivity index is 1.05. The van der Waals surface area contributed by atoms with Gasteiger partial charge in [0.2, 0.25) is 0 Å². The third kappa shape index (κ3) is 0.567. The molecule has 3 heteroatoms. The van der Waals surface area contributed by atoms with Gasteiger partial charge in [-0.25, -0.2) is 0 Å². The molecule has 10 aliphatic heterocycles. The van der Waals surface area contributed by atoms with Crippen molar-refractivity contribution in [3.05, 3.63) is 0 Å². The summed E-state index contributed by atoms with van der Waals surface area (Å²) in [5.74, 6) is 0. The van der Waals surface area contributed by atoms with Crippen LogP contribution in [0.3, 0.4) is 0 Å². The molecule has 4 unspecified atom stereocenters. The molecule has 0 aromatic heterocycles. The van der Waals surface area contributed by atoms with Crippen molar-refractivity contribution in [3.63, 3.8) is 0 Å². The average Bonchev–Trinajstić information content (AvgIpc) is 3.92. The van der Waals surface area contributed by atoms with Crippen molar-refractivity contribution >= 4 is 15.8 Å². The first-order chi connectivity index (χ1) is 18.1. The van der Waals surface area contributed by atoms with Crippen molar-refractivity contribution in [1.82, 2.24) is 0 Å². The Hall–Kier alpha value is 1.48. The van der Waals surface area contributed by atoms with Crippen LogP contribution in [-0.4, -0.2) is 30.1 Å². The zero-order chi connectivity index (χ0) is 23.5. The Kier molecular flexibility index (Phi) is 1.89. The second-order valence-electron chi connectivity index (χ2n) is 19.7. The topological polar surface area (TPSA) is 0 Å². The zero-order valence-electron chi connectivity index (χ0n) is 23.3. The van der Waals surface area contributed by atoms with E-state index in [0.29, 0.717) is 15.8 Å². The van der Waals surface area contributed by atoms with Crippen LogP contribution < -0.4 is 0 Å². The van der Waals surface area contributed by atoms with Gasteiger partial charge in [0.05, 0.1) is 0 Å². The average molecular weight is 624 g/mol. The van der Waals surface area contributed by atoms with Gasteiger partial charge in [0.1, 0.15) is 0 Å². The Labute approximate surface area is 217 Å². The van der Waals surface area contributed by atoms with Crippen LogP contribution in [0.25, 0.3) is 0 Å². The predicted molar refractivity (Wildman–Crippen MR) is 157 cm³/mol. The van der Waals surface area contributed by atoms with Crippen LogP contribution >= 0.6 is 15.8 Å². The Morgan fingerprint density at radius 1 is 0.351 bits per heavy atom. The molecule has 0 aromatic rings. The van der Waals surface area contributed by atoms with Gasteiger partial charge in [-0.05, 0) is 0 Å². The van der Waals surface area contributed by atoms with E-state index in [1.165, 1.54) is 30.1 Å². The standard InChI is InChI=1S/C29H47P2.C5H5.Ru/c1-5-14-24(15-6-1)30(25-16-7-2-8-17-25)28-22-13-23-29(28)31(26-18-9-3-10-19-26)27-20-11-4-12-21-27;1-2-4-5-3-1;/h13,22-27H,1-12,14-21H2;1-5H;. The van der Waals surface area contributed by atoms with Gasteiger partial charge in [-0.3, -0.25) is 0 Å². The molecular formula is C34H52P2Ru. The summed E-state index contributed by atoms with van der Waals surface area (Å²) in [4.78, 5) is 0. The molecular weight excluding hydrogens is 571 g/mol. The monoisotopic (exact) mass is 624 g/mol. The molecule has 206 valence electrons. The molecule has 0 nitrogen and oxygen atoms in total. The quantitative estimate of drug-likeness (QED) is 0.204. The molecule has 0 amide bonds. The van der Waals surface area contributed by atoms with Crippen LogP contribution in [0.4, 0.5) is 0 Å². The van der Waals surface area contributed by atoms with Gasteiger partial charge in [0, 0.05) is 0 Å². The van der Waals surface area contributed by atoms with Gasteiger partial charge in [0.15, 0.2) is 0 Å². The van der Waals surface area contributed by atoms with E-state index in [2.05, 4.69) is 0 Å². The van der Waals surface area contributed by atoms with E-state index < -0.39 is 7.72 Å². The summed E-state index contributed by atoms with van der Waals surface area (Å²) >= 11 is 0. The molecule has 10 heterocycles. The van der Waals surface area contributed by atoms with Crippen LogP contribution in [0.5, 0.6) is 0 Å². The molecule has 4 saturated carbocycles. The van der Waals surface area contributed by atoms with Crippen molar-refractivity contribution in [2.45, 2.75) is 195 Å². The summed E-state index contributed by atoms with van der Waals surface area (Å²) < 4.78 is 15.2. The van der Waals surface area contributed by atoms with E-state index in [-0.39, 0.29) is 0 Å². The van der Waals surface area contributed by atoms with Crippen LogP contribution in [0, 0.1) is 0 Å². The fraction of sp³-hybridized carbons (Fsp3) is 1.00. The van der Waals surface area contributed by atoms with Crippen molar-refractivity contribution < 1.29 is 7.72 Å².